The van der Waals surface area contributed by atoms with Gasteiger partial charge in [0.25, 0.3) is 0 Å². The highest BCUT2D eigenvalue weighted by molar-refractivity contribution is 6.30. The first kappa shape index (κ1) is 9.19. The van der Waals surface area contributed by atoms with Gasteiger partial charge >= 0.3 is 0 Å². The second kappa shape index (κ2) is 3.51. The van der Waals surface area contributed by atoms with Crippen molar-refractivity contribution >= 4 is 17.3 Å². The van der Waals surface area contributed by atoms with Crippen LogP contribution in [0.1, 0.15) is 5.56 Å². The minimum atomic E-state index is 0.218. The van der Waals surface area contributed by atoms with Crippen LogP contribution in [0.2, 0.25) is 5.02 Å². The number of oxime groups is 1. The minimum Gasteiger partial charge on any atom is -0.390 e. The molecule has 3 rings (SSSR count). The van der Waals surface area contributed by atoms with Crippen LogP contribution in [0.15, 0.2) is 29.4 Å². The van der Waals surface area contributed by atoms with Gasteiger partial charge in [0.2, 0.25) is 0 Å². The van der Waals surface area contributed by atoms with Gasteiger partial charge in [-0.1, -0.05) is 28.9 Å². The van der Waals surface area contributed by atoms with Gasteiger partial charge in [-0.05, 0) is 17.7 Å². The van der Waals surface area contributed by atoms with Gasteiger partial charge in [0.05, 0.1) is 11.6 Å². The molecule has 0 radical (unpaired) electrons. The lowest BCUT2D eigenvalue weighted by Crippen LogP contribution is -2.21. The maximum atomic E-state index is 5.85. The van der Waals surface area contributed by atoms with Gasteiger partial charge in [-0.2, -0.15) is 0 Å². The molecule has 0 spiro atoms. The molecule has 15 heavy (non-hydrogen) atoms. The molecule has 0 amide bonds. The largest absolute Gasteiger partial charge is 0.390 e. The quantitative estimate of drug-likeness (QED) is 0.784. The van der Waals surface area contributed by atoms with E-state index < -0.39 is 0 Å². The van der Waals surface area contributed by atoms with Gasteiger partial charge < -0.3 is 10.2 Å². The van der Waals surface area contributed by atoms with Crippen molar-refractivity contribution in [3.63, 3.8) is 0 Å². The summed E-state index contributed by atoms with van der Waals surface area (Å²) in [6.07, 6.45) is 0.218. The molecule has 0 aromatic heterocycles. The molecule has 1 aromatic rings. The van der Waals surface area contributed by atoms with Crippen LogP contribution >= 0.6 is 11.6 Å². The third-order valence-electron chi connectivity index (χ3n) is 2.94. The number of hydrogen-bond acceptors (Lipinski definition) is 3. The lowest BCUT2D eigenvalue weighted by molar-refractivity contribution is 0.0842. The summed E-state index contributed by atoms with van der Waals surface area (Å²) in [6.45, 7) is 1.84. The fraction of sp³-hybridized carbons (Fsp3) is 0.364. The van der Waals surface area contributed by atoms with Gasteiger partial charge in [-0.25, -0.2) is 0 Å². The summed E-state index contributed by atoms with van der Waals surface area (Å²) in [7, 11) is 0. The van der Waals surface area contributed by atoms with E-state index in [0.717, 1.165) is 29.4 Å². The normalized spacial score (nSPS) is 28.5. The Balaban J connectivity index is 1.91. The van der Waals surface area contributed by atoms with Gasteiger partial charge in [0.1, 0.15) is 6.10 Å². The van der Waals surface area contributed by atoms with Crippen molar-refractivity contribution in [2.45, 2.75) is 6.10 Å². The molecule has 0 saturated carbocycles. The maximum absolute atomic E-state index is 5.85. The fourth-order valence-electron chi connectivity index (χ4n) is 2.12. The standard InChI is InChI=1S/C11H11ClN2O/c12-8-3-1-7(2-4-8)11-9-5-13-6-10(9)15-14-11/h1-4,9-10,13H,5-6H2/t9-,10+/m1/s1. The first-order chi connectivity index (χ1) is 7.34. The number of hydrogen-bond donors (Lipinski definition) is 1. The number of nitrogens with zero attached hydrogens (tertiary/aromatic N) is 1. The number of nitrogens with one attached hydrogen (secondary N) is 1. The molecule has 2 atom stereocenters. The van der Waals surface area contributed by atoms with Crippen molar-refractivity contribution in [2.24, 2.45) is 11.1 Å². The van der Waals surface area contributed by atoms with E-state index in [0.29, 0.717) is 5.92 Å². The van der Waals surface area contributed by atoms with Crippen molar-refractivity contribution in [1.29, 1.82) is 0 Å². The van der Waals surface area contributed by atoms with E-state index in [1.807, 2.05) is 24.3 Å². The molecule has 1 aromatic carbocycles. The van der Waals surface area contributed by atoms with Gasteiger partial charge in [-0.3, -0.25) is 0 Å². The molecule has 1 fully saturated rings. The highest BCUT2D eigenvalue weighted by Gasteiger charge is 2.38. The summed E-state index contributed by atoms with van der Waals surface area (Å²) >= 11 is 5.85. The molecular weight excluding hydrogens is 212 g/mol. The van der Waals surface area contributed by atoms with E-state index in [-0.39, 0.29) is 6.10 Å². The molecule has 3 nitrogen and oxygen atoms in total. The van der Waals surface area contributed by atoms with Crippen LogP contribution in [0.5, 0.6) is 0 Å². The van der Waals surface area contributed by atoms with Crippen molar-refractivity contribution in [3.05, 3.63) is 34.9 Å². The number of benzene rings is 1. The molecule has 0 unspecified atom stereocenters. The molecule has 2 aliphatic rings. The van der Waals surface area contributed by atoms with Crippen LogP contribution in [0.25, 0.3) is 0 Å². The molecule has 4 heteroatoms. The van der Waals surface area contributed by atoms with Gasteiger partial charge in [-0.15, -0.1) is 0 Å². The number of halogens is 1. The van der Waals surface area contributed by atoms with E-state index in [2.05, 4.69) is 10.5 Å². The summed E-state index contributed by atoms with van der Waals surface area (Å²) in [5.41, 5.74) is 2.15. The first-order valence-corrected chi connectivity index (χ1v) is 5.43. The Kier molecular flexibility index (Phi) is 2.15. The second-order valence-electron chi connectivity index (χ2n) is 3.89. The Morgan fingerprint density at radius 3 is 2.87 bits per heavy atom. The van der Waals surface area contributed by atoms with E-state index in [1.54, 1.807) is 0 Å². The zero-order chi connectivity index (χ0) is 10.3. The second-order valence-corrected chi connectivity index (χ2v) is 4.33. The summed E-state index contributed by atoms with van der Waals surface area (Å²) in [4.78, 5) is 5.37. The Morgan fingerprint density at radius 1 is 1.27 bits per heavy atom. The third-order valence-corrected chi connectivity index (χ3v) is 3.19. The Labute approximate surface area is 93.1 Å². The molecule has 2 heterocycles. The molecule has 78 valence electrons. The Hall–Kier alpha value is -1.06. The van der Waals surface area contributed by atoms with E-state index >= 15 is 0 Å². The number of fused-ring (bicyclic) bond motifs is 1. The highest BCUT2D eigenvalue weighted by atomic mass is 35.5. The number of rotatable bonds is 1. The average Bonchev–Trinajstić information content (AvgIpc) is 2.80. The van der Waals surface area contributed by atoms with E-state index in [1.165, 1.54) is 0 Å². The predicted molar refractivity (Wildman–Crippen MR) is 59.2 cm³/mol. The van der Waals surface area contributed by atoms with Crippen molar-refractivity contribution in [2.75, 3.05) is 13.1 Å². The average molecular weight is 223 g/mol. The molecule has 0 bridgehead atoms. The van der Waals surface area contributed by atoms with Gasteiger partial charge in [0, 0.05) is 18.1 Å². The van der Waals surface area contributed by atoms with Crippen LogP contribution in [0, 0.1) is 5.92 Å². The zero-order valence-corrected chi connectivity index (χ0v) is 8.87. The third kappa shape index (κ3) is 1.52. The lowest BCUT2D eigenvalue weighted by Gasteiger charge is -2.07. The highest BCUT2D eigenvalue weighted by Crippen LogP contribution is 2.26. The summed E-state index contributed by atoms with van der Waals surface area (Å²) < 4.78 is 0. The van der Waals surface area contributed by atoms with Crippen LogP contribution in [0.3, 0.4) is 0 Å². The molecule has 0 aliphatic carbocycles. The fourth-order valence-corrected chi connectivity index (χ4v) is 2.24. The Bertz CT molecular complexity index is 402. The topological polar surface area (TPSA) is 33.6 Å². The monoisotopic (exact) mass is 222 g/mol. The zero-order valence-electron chi connectivity index (χ0n) is 8.11. The SMILES string of the molecule is Clc1ccc(C2=NO[C@H]3CNC[C@@H]23)cc1. The van der Waals surface area contributed by atoms with E-state index in [4.69, 9.17) is 16.4 Å². The Morgan fingerprint density at radius 2 is 2.07 bits per heavy atom. The molecule has 1 N–H and O–H groups in total. The minimum absolute atomic E-state index is 0.218. The van der Waals surface area contributed by atoms with Crippen molar-refractivity contribution in [1.82, 2.24) is 5.32 Å². The summed E-state index contributed by atoms with van der Waals surface area (Å²) in [6, 6.07) is 7.75. The van der Waals surface area contributed by atoms with E-state index in [9.17, 15) is 0 Å². The molecular formula is C11H11ClN2O. The van der Waals surface area contributed by atoms with Crippen molar-refractivity contribution in [3.8, 4) is 0 Å². The van der Waals surface area contributed by atoms with Crippen LogP contribution in [0.4, 0.5) is 0 Å². The molecule has 1 saturated heterocycles. The maximum Gasteiger partial charge on any atom is 0.149 e. The first-order valence-electron chi connectivity index (χ1n) is 5.05. The van der Waals surface area contributed by atoms with Crippen LogP contribution in [-0.2, 0) is 4.84 Å². The van der Waals surface area contributed by atoms with Crippen LogP contribution < -0.4 is 5.32 Å². The smallest absolute Gasteiger partial charge is 0.149 e. The predicted octanol–water partition coefficient (Wildman–Crippen LogP) is 1.66. The summed E-state index contributed by atoms with van der Waals surface area (Å²) in [5.74, 6) is 0.395. The summed E-state index contributed by atoms with van der Waals surface area (Å²) in [5, 5.41) is 8.21. The van der Waals surface area contributed by atoms with Crippen molar-refractivity contribution < 1.29 is 4.84 Å². The van der Waals surface area contributed by atoms with Gasteiger partial charge in [0.15, 0.2) is 0 Å². The lowest BCUT2D eigenvalue weighted by atomic mass is 9.95. The van der Waals surface area contributed by atoms with Crippen LogP contribution in [-0.4, -0.2) is 24.9 Å². The molecule has 2 aliphatic heterocycles.